The normalized spacial score (nSPS) is 15.1. The van der Waals surface area contributed by atoms with Crippen LogP contribution < -0.4 is 10.0 Å². The molecule has 0 atom stereocenters. The van der Waals surface area contributed by atoms with Gasteiger partial charge in [0.25, 0.3) is 0 Å². The van der Waals surface area contributed by atoms with Crippen LogP contribution in [0.5, 0.6) is 0 Å². The van der Waals surface area contributed by atoms with Gasteiger partial charge in [-0.1, -0.05) is 13.8 Å². The van der Waals surface area contributed by atoms with Crippen LogP contribution >= 0.6 is 0 Å². The maximum atomic E-state index is 12.3. The molecule has 0 amide bonds. The molecule has 1 aliphatic heterocycles. The lowest BCUT2D eigenvalue weighted by atomic mass is 10.0. The van der Waals surface area contributed by atoms with Crippen molar-refractivity contribution in [1.29, 1.82) is 0 Å². The van der Waals surface area contributed by atoms with Crippen LogP contribution in [-0.2, 0) is 16.4 Å². The summed E-state index contributed by atoms with van der Waals surface area (Å²) < 4.78 is 27.4. The quantitative estimate of drug-likeness (QED) is 0.872. The van der Waals surface area contributed by atoms with E-state index >= 15 is 0 Å². The van der Waals surface area contributed by atoms with E-state index in [1.54, 1.807) is 12.1 Å². The molecule has 0 saturated heterocycles. The molecule has 1 aliphatic rings. The molecule has 1 aromatic carbocycles. The first kappa shape index (κ1) is 14.3. The number of aryl methyl sites for hydroxylation is 1. The molecule has 2 N–H and O–H groups in total. The Morgan fingerprint density at radius 2 is 2.05 bits per heavy atom. The zero-order chi connectivity index (χ0) is 13.9. The van der Waals surface area contributed by atoms with Crippen LogP contribution in [0.1, 0.15) is 38.7 Å². The number of fused-ring (bicyclic) bond motifs is 1. The van der Waals surface area contributed by atoms with Gasteiger partial charge in [-0.3, -0.25) is 0 Å². The average molecular weight is 282 g/mol. The highest BCUT2D eigenvalue weighted by Crippen LogP contribution is 2.25. The van der Waals surface area contributed by atoms with Gasteiger partial charge in [-0.2, -0.15) is 0 Å². The molecule has 19 heavy (non-hydrogen) atoms. The predicted molar refractivity (Wildman–Crippen MR) is 77.9 cm³/mol. The van der Waals surface area contributed by atoms with Crippen LogP contribution in [-0.4, -0.2) is 21.0 Å². The van der Waals surface area contributed by atoms with Gasteiger partial charge in [0.15, 0.2) is 0 Å². The van der Waals surface area contributed by atoms with Crippen molar-refractivity contribution in [1.82, 2.24) is 4.72 Å². The summed E-state index contributed by atoms with van der Waals surface area (Å²) in [6.45, 7) is 4.95. The summed E-state index contributed by atoms with van der Waals surface area (Å²) in [5.41, 5.74) is 2.16. The molecule has 0 unspecified atom stereocenters. The standard InChI is InChI=1S/C14H22N2O2S/c1-3-12(4-2)16-19(17,18)13-7-8-14-11(10-13)6-5-9-15-14/h7-8,10,12,15-16H,3-6,9H2,1-2H3. The van der Waals surface area contributed by atoms with Crippen LogP contribution in [0.3, 0.4) is 0 Å². The third kappa shape index (κ3) is 3.28. The second-order valence-electron chi connectivity index (χ2n) is 4.98. The Morgan fingerprint density at radius 1 is 1.32 bits per heavy atom. The fourth-order valence-corrected chi connectivity index (χ4v) is 3.81. The molecule has 0 bridgehead atoms. The van der Waals surface area contributed by atoms with Gasteiger partial charge in [0.2, 0.25) is 10.0 Å². The predicted octanol–water partition coefficient (Wildman–Crippen LogP) is 2.51. The lowest BCUT2D eigenvalue weighted by Crippen LogP contribution is -2.34. The first-order valence-electron chi connectivity index (χ1n) is 6.96. The van der Waals surface area contributed by atoms with Crippen molar-refractivity contribution in [2.75, 3.05) is 11.9 Å². The third-order valence-electron chi connectivity index (χ3n) is 3.63. The fraction of sp³-hybridized carbons (Fsp3) is 0.571. The molecular weight excluding hydrogens is 260 g/mol. The first-order valence-corrected chi connectivity index (χ1v) is 8.44. The maximum absolute atomic E-state index is 12.3. The van der Waals surface area contributed by atoms with Gasteiger partial charge in [-0.15, -0.1) is 0 Å². The molecule has 2 rings (SSSR count). The molecule has 1 aromatic rings. The maximum Gasteiger partial charge on any atom is 0.240 e. The number of hydrogen-bond donors (Lipinski definition) is 2. The van der Waals surface area contributed by atoms with E-state index in [9.17, 15) is 8.42 Å². The largest absolute Gasteiger partial charge is 0.385 e. The van der Waals surface area contributed by atoms with Crippen LogP contribution in [0.4, 0.5) is 5.69 Å². The van der Waals surface area contributed by atoms with E-state index < -0.39 is 10.0 Å². The Morgan fingerprint density at radius 3 is 2.74 bits per heavy atom. The number of sulfonamides is 1. The SMILES string of the molecule is CCC(CC)NS(=O)(=O)c1ccc2c(c1)CCCN2. The van der Waals surface area contributed by atoms with Crippen LogP contribution in [0.25, 0.3) is 0 Å². The van der Waals surface area contributed by atoms with Crippen LogP contribution in [0, 0.1) is 0 Å². The van der Waals surface area contributed by atoms with Gasteiger partial charge in [0.05, 0.1) is 4.90 Å². The van der Waals surface area contributed by atoms with E-state index in [0.717, 1.165) is 43.5 Å². The highest BCUT2D eigenvalue weighted by Gasteiger charge is 2.20. The lowest BCUT2D eigenvalue weighted by molar-refractivity contribution is 0.530. The molecule has 0 saturated carbocycles. The first-order chi connectivity index (χ1) is 9.06. The minimum Gasteiger partial charge on any atom is -0.385 e. The Balaban J connectivity index is 2.25. The molecule has 1 heterocycles. The van der Waals surface area contributed by atoms with Crippen molar-refractivity contribution in [3.8, 4) is 0 Å². The fourth-order valence-electron chi connectivity index (χ4n) is 2.36. The van der Waals surface area contributed by atoms with Gasteiger partial charge in [0.1, 0.15) is 0 Å². The summed E-state index contributed by atoms with van der Waals surface area (Å²) in [5, 5.41) is 3.29. The van der Waals surface area contributed by atoms with Crippen molar-refractivity contribution in [2.45, 2.75) is 50.5 Å². The highest BCUT2D eigenvalue weighted by atomic mass is 32.2. The minimum atomic E-state index is -3.39. The zero-order valence-corrected chi connectivity index (χ0v) is 12.4. The molecule has 0 aromatic heterocycles. The Kier molecular flexibility index (Phi) is 4.47. The van der Waals surface area contributed by atoms with E-state index in [1.807, 2.05) is 19.9 Å². The van der Waals surface area contributed by atoms with Crippen molar-refractivity contribution < 1.29 is 8.42 Å². The highest BCUT2D eigenvalue weighted by molar-refractivity contribution is 7.89. The Hall–Kier alpha value is -1.07. The molecule has 4 nitrogen and oxygen atoms in total. The number of rotatable bonds is 5. The van der Waals surface area contributed by atoms with E-state index in [4.69, 9.17) is 0 Å². The van der Waals surface area contributed by atoms with Gasteiger partial charge >= 0.3 is 0 Å². The smallest absolute Gasteiger partial charge is 0.240 e. The summed E-state index contributed by atoms with van der Waals surface area (Å²) in [6.07, 6.45) is 3.61. The topological polar surface area (TPSA) is 58.2 Å². The van der Waals surface area contributed by atoms with E-state index in [2.05, 4.69) is 10.0 Å². The summed E-state index contributed by atoms with van der Waals surface area (Å²) in [5.74, 6) is 0. The Bertz CT molecular complexity index is 536. The van der Waals surface area contributed by atoms with Crippen molar-refractivity contribution in [3.63, 3.8) is 0 Å². The molecule has 0 radical (unpaired) electrons. The van der Waals surface area contributed by atoms with Gasteiger partial charge in [0, 0.05) is 18.3 Å². The van der Waals surface area contributed by atoms with Gasteiger partial charge in [-0.25, -0.2) is 13.1 Å². The average Bonchev–Trinajstić information content (AvgIpc) is 2.44. The van der Waals surface area contributed by atoms with Crippen molar-refractivity contribution in [2.24, 2.45) is 0 Å². The number of hydrogen-bond acceptors (Lipinski definition) is 3. The zero-order valence-electron chi connectivity index (χ0n) is 11.6. The number of nitrogens with one attached hydrogen (secondary N) is 2. The summed E-state index contributed by atoms with van der Waals surface area (Å²) >= 11 is 0. The summed E-state index contributed by atoms with van der Waals surface area (Å²) in [4.78, 5) is 0.377. The second kappa shape index (κ2) is 5.92. The van der Waals surface area contributed by atoms with Gasteiger partial charge in [-0.05, 0) is 49.4 Å². The molecule has 5 heteroatoms. The third-order valence-corrected chi connectivity index (χ3v) is 5.15. The molecule has 0 fully saturated rings. The summed E-state index contributed by atoms with van der Waals surface area (Å²) in [7, 11) is -3.39. The van der Waals surface area contributed by atoms with E-state index in [-0.39, 0.29) is 6.04 Å². The monoisotopic (exact) mass is 282 g/mol. The lowest BCUT2D eigenvalue weighted by Gasteiger charge is -2.20. The van der Waals surface area contributed by atoms with Crippen molar-refractivity contribution in [3.05, 3.63) is 23.8 Å². The summed E-state index contributed by atoms with van der Waals surface area (Å²) in [6, 6.07) is 5.36. The van der Waals surface area contributed by atoms with E-state index in [0.29, 0.717) is 4.90 Å². The molecule has 0 spiro atoms. The van der Waals surface area contributed by atoms with Crippen LogP contribution in [0.2, 0.25) is 0 Å². The van der Waals surface area contributed by atoms with Gasteiger partial charge < -0.3 is 5.32 Å². The van der Waals surface area contributed by atoms with E-state index in [1.165, 1.54) is 0 Å². The molecule has 0 aliphatic carbocycles. The Labute approximate surface area is 115 Å². The van der Waals surface area contributed by atoms with Crippen molar-refractivity contribution >= 4 is 15.7 Å². The second-order valence-corrected chi connectivity index (χ2v) is 6.70. The van der Waals surface area contributed by atoms with Crippen LogP contribution in [0.15, 0.2) is 23.1 Å². The molecule has 106 valence electrons. The minimum absolute atomic E-state index is 0.0131. The number of benzene rings is 1. The molecular formula is C14H22N2O2S. The number of anilines is 1.